The predicted molar refractivity (Wildman–Crippen MR) is 77.2 cm³/mol. The van der Waals surface area contributed by atoms with Crippen LogP contribution >= 0.6 is 12.2 Å². The summed E-state index contributed by atoms with van der Waals surface area (Å²) < 4.78 is 4.78. The monoisotopic (exact) mass is 334 g/mol. The van der Waals surface area contributed by atoms with E-state index in [9.17, 15) is 29.4 Å². The molecule has 0 fully saturated rings. The third kappa shape index (κ3) is 3.12. The maximum Gasteiger partial charge on any atom is 0.304 e. The summed E-state index contributed by atoms with van der Waals surface area (Å²) in [5, 5.41) is 29.5. The molecule has 0 aliphatic rings. The lowest BCUT2D eigenvalue weighted by atomic mass is 9.70. The Hall–Kier alpha value is -1.55. The van der Waals surface area contributed by atoms with Crippen LogP contribution in [0.2, 0.25) is 0 Å². The zero-order valence-electron chi connectivity index (χ0n) is 12.6. The van der Waals surface area contributed by atoms with Crippen molar-refractivity contribution in [2.45, 2.75) is 45.0 Å². The van der Waals surface area contributed by atoms with Gasteiger partial charge in [0.25, 0.3) is 0 Å². The number of esters is 1. The molecule has 3 N–H and O–H groups in total. The first-order valence-electron chi connectivity index (χ1n) is 6.17. The van der Waals surface area contributed by atoms with E-state index in [-0.39, 0.29) is 0 Å². The van der Waals surface area contributed by atoms with E-state index in [2.05, 4.69) is 0 Å². The fraction of sp³-hybridized carbons (Fsp3) is 0.615. The molecule has 0 bridgehead atoms. The number of aliphatic hydroxyl groups is 3. The molecule has 0 aromatic carbocycles. The number of thiocarbonyl (C=S) groups is 1. The van der Waals surface area contributed by atoms with Gasteiger partial charge in [-0.15, -0.1) is 0 Å². The molecule has 0 aliphatic heterocycles. The van der Waals surface area contributed by atoms with Crippen LogP contribution in [-0.4, -0.2) is 67.4 Å². The molecule has 0 spiro atoms. The third-order valence-corrected chi connectivity index (χ3v) is 3.74. The van der Waals surface area contributed by atoms with Gasteiger partial charge >= 0.3 is 5.97 Å². The highest BCUT2D eigenvalue weighted by molar-refractivity contribution is 7.82. The first-order valence-corrected chi connectivity index (χ1v) is 6.58. The molecule has 124 valence electrons. The molecule has 0 amide bonds. The minimum absolute atomic E-state index is 0.794. The van der Waals surface area contributed by atoms with Crippen LogP contribution in [0.25, 0.3) is 0 Å². The molecule has 0 aromatic rings. The lowest BCUT2D eigenvalue weighted by molar-refractivity contribution is -0.204. The van der Waals surface area contributed by atoms with E-state index in [4.69, 9.17) is 22.1 Å². The number of hydrogen-bond donors (Lipinski definition) is 3. The van der Waals surface area contributed by atoms with Gasteiger partial charge in [0, 0.05) is 6.92 Å². The highest BCUT2D eigenvalue weighted by Crippen LogP contribution is 2.35. The maximum atomic E-state index is 12.1. The highest BCUT2D eigenvalue weighted by Gasteiger charge is 2.67. The SMILES string of the molecule is CC(=O)O[C@@](C(C)=O)(C(=S)C(C)=O)[C@](O)(C(C)=O)[C@H](O)CO. The Bertz CT molecular complexity index is 528. The lowest BCUT2D eigenvalue weighted by Crippen LogP contribution is -2.74. The molecule has 0 unspecified atom stereocenters. The van der Waals surface area contributed by atoms with E-state index in [0.717, 1.165) is 27.7 Å². The second-order valence-corrected chi connectivity index (χ2v) is 5.15. The third-order valence-electron chi connectivity index (χ3n) is 3.16. The van der Waals surface area contributed by atoms with Crippen molar-refractivity contribution < 1.29 is 39.2 Å². The number of aliphatic hydroxyl groups excluding tert-OH is 2. The van der Waals surface area contributed by atoms with Crippen LogP contribution < -0.4 is 0 Å². The van der Waals surface area contributed by atoms with Gasteiger partial charge in [-0.1, -0.05) is 12.2 Å². The maximum absolute atomic E-state index is 12.1. The van der Waals surface area contributed by atoms with Crippen molar-refractivity contribution in [2.24, 2.45) is 0 Å². The normalized spacial score (nSPS) is 17.6. The van der Waals surface area contributed by atoms with Gasteiger partial charge in [-0.05, 0) is 20.8 Å². The predicted octanol–water partition coefficient (Wildman–Crippen LogP) is -1.49. The van der Waals surface area contributed by atoms with Gasteiger partial charge in [0.05, 0.1) is 6.61 Å². The Balaban J connectivity index is 6.76. The number of carbonyl (C=O) groups excluding carboxylic acids is 4. The summed E-state index contributed by atoms with van der Waals surface area (Å²) in [5.41, 5.74) is -6.02. The van der Waals surface area contributed by atoms with E-state index in [1.165, 1.54) is 0 Å². The van der Waals surface area contributed by atoms with Gasteiger partial charge in [-0.2, -0.15) is 0 Å². The quantitative estimate of drug-likeness (QED) is 0.358. The van der Waals surface area contributed by atoms with Crippen LogP contribution in [0.1, 0.15) is 27.7 Å². The summed E-state index contributed by atoms with van der Waals surface area (Å²) in [6.45, 7) is 2.29. The summed E-state index contributed by atoms with van der Waals surface area (Å²) in [4.78, 5) is 46.1. The van der Waals surface area contributed by atoms with Gasteiger partial charge in [-0.25, -0.2) is 0 Å². The average Bonchev–Trinajstić information content (AvgIpc) is 2.40. The summed E-state index contributed by atoms with van der Waals surface area (Å²) in [7, 11) is 0. The van der Waals surface area contributed by atoms with E-state index >= 15 is 0 Å². The van der Waals surface area contributed by atoms with Crippen molar-refractivity contribution >= 4 is 40.4 Å². The van der Waals surface area contributed by atoms with Crippen molar-refractivity contribution in [1.82, 2.24) is 0 Å². The summed E-state index contributed by atoms with van der Waals surface area (Å²) in [6.07, 6.45) is -2.22. The molecule has 0 rings (SSSR count). The second kappa shape index (κ2) is 7.14. The van der Waals surface area contributed by atoms with Crippen LogP contribution in [-0.2, 0) is 23.9 Å². The molecule has 0 saturated carbocycles. The molecule has 0 aromatic heterocycles. The molecule has 0 saturated heterocycles. The van der Waals surface area contributed by atoms with Crippen molar-refractivity contribution in [1.29, 1.82) is 0 Å². The van der Waals surface area contributed by atoms with Crippen molar-refractivity contribution in [3.05, 3.63) is 0 Å². The van der Waals surface area contributed by atoms with Crippen molar-refractivity contribution in [3.63, 3.8) is 0 Å². The van der Waals surface area contributed by atoms with Crippen molar-refractivity contribution in [2.75, 3.05) is 6.61 Å². The Morgan fingerprint density at radius 3 is 1.77 bits per heavy atom. The van der Waals surface area contributed by atoms with Crippen molar-refractivity contribution in [3.8, 4) is 0 Å². The fourth-order valence-corrected chi connectivity index (χ4v) is 2.45. The standard InChI is InChI=1S/C13H18O8S/c1-6(15)11(22)13(8(3)17,21-9(4)18)12(20,7(2)16)10(19)5-14/h10,14,19-20H,5H2,1-4H3/t10-,12+,13+/m1/s1. The first-order chi connectivity index (χ1) is 9.89. The van der Waals surface area contributed by atoms with E-state index in [0.29, 0.717) is 0 Å². The Kier molecular flexibility index (Phi) is 6.64. The highest BCUT2D eigenvalue weighted by atomic mass is 32.1. The van der Waals surface area contributed by atoms with Crippen LogP contribution in [0.15, 0.2) is 0 Å². The lowest BCUT2D eigenvalue weighted by Gasteiger charge is -2.44. The summed E-state index contributed by atoms with van der Waals surface area (Å²) in [5.74, 6) is -4.40. The minimum Gasteiger partial charge on any atom is -0.441 e. The largest absolute Gasteiger partial charge is 0.441 e. The Morgan fingerprint density at radius 1 is 1.09 bits per heavy atom. The molecule has 22 heavy (non-hydrogen) atoms. The van der Waals surface area contributed by atoms with E-state index in [1.54, 1.807) is 0 Å². The molecular weight excluding hydrogens is 316 g/mol. The van der Waals surface area contributed by atoms with Gasteiger partial charge in [0.2, 0.25) is 11.2 Å². The van der Waals surface area contributed by atoms with Gasteiger partial charge in [0.15, 0.2) is 17.3 Å². The topological polar surface area (TPSA) is 138 Å². The molecule has 0 radical (unpaired) electrons. The number of hydrogen-bond acceptors (Lipinski definition) is 9. The van der Waals surface area contributed by atoms with Gasteiger partial charge in [-0.3, -0.25) is 19.2 Å². The Morgan fingerprint density at radius 2 is 1.55 bits per heavy atom. The number of ether oxygens (including phenoxy) is 1. The van der Waals surface area contributed by atoms with E-state index in [1.807, 2.05) is 0 Å². The molecular formula is C13H18O8S. The average molecular weight is 334 g/mol. The minimum atomic E-state index is -3.11. The van der Waals surface area contributed by atoms with Crippen LogP contribution in [0.4, 0.5) is 0 Å². The zero-order valence-corrected chi connectivity index (χ0v) is 13.4. The zero-order chi connectivity index (χ0) is 17.9. The fourth-order valence-electron chi connectivity index (χ4n) is 2.11. The summed E-state index contributed by atoms with van der Waals surface area (Å²) >= 11 is 4.79. The molecule has 0 aliphatic carbocycles. The van der Waals surface area contributed by atoms with Crippen LogP contribution in [0.5, 0.6) is 0 Å². The molecule has 8 nitrogen and oxygen atoms in total. The number of rotatable bonds is 8. The Labute approximate surface area is 132 Å². The molecule has 0 heterocycles. The summed E-state index contributed by atoms with van der Waals surface area (Å²) in [6, 6.07) is 0. The van der Waals surface area contributed by atoms with Crippen LogP contribution in [0, 0.1) is 0 Å². The smallest absolute Gasteiger partial charge is 0.304 e. The van der Waals surface area contributed by atoms with Crippen LogP contribution in [0.3, 0.4) is 0 Å². The number of ketones is 3. The van der Waals surface area contributed by atoms with Gasteiger partial charge in [0.1, 0.15) is 11.0 Å². The first kappa shape index (κ1) is 20.5. The number of carbonyl (C=O) groups is 4. The molecule has 3 atom stereocenters. The second-order valence-electron chi connectivity index (χ2n) is 4.74. The molecule has 9 heteroatoms. The van der Waals surface area contributed by atoms with Gasteiger partial charge < -0.3 is 20.1 Å². The number of Topliss-reactive ketones (excluding diaryl/α,β-unsaturated/α-hetero) is 3. The van der Waals surface area contributed by atoms with E-state index < -0.39 is 52.1 Å².